The second-order valence-corrected chi connectivity index (χ2v) is 7.80. The number of nitrogens with one attached hydrogen (secondary N) is 1. The van der Waals surface area contributed by atoms with Gasteiger partial charge in [0.25, 0.3) is 5.91 Å². The van der Waals surface area contributed by atoms with Crippen LogP contribution in [-0.4, -0.2) is 25.5 Å². The summed E-state index contributed by atoms with van der Waals surface area (Å²) in [7, 11) is 2.98. The molecule has 0 atom stereocenters. The van der Waals surface area contributed by atoms with Crippen molar-refractivity contribution >= 4 is 11.7 Å². The van der Waals surface area contributed by atoms with Crippen molar-refractivity contribution < 1.29 is 18.0 Å². The fourth-order valence-electron chi connectivity index (χ4n) is 2.96. The SMILES string of the molecule is Cn1nc(C(C)(C)C)cc1C(=O)Nc1c(-c2ccccc2)c(C(F)(F)F)nn1C. The van der Waals surface area contributed by atoms with Crippen LogP contribution in [0.4, 0.5) is 19.0 Å². The van der Waals surface area contributed by atoms with E-state index < -0.39 is 17.8 Å². The predicted molar refractivity (Wildman–Crippen MR) is 104 cm³/mol. The molecule has 0 saturated carbocycles. The molecule has 1 N–H and O–H groups in total. The Morgan fingerprint density at radius 3 is 2.14 bits per heavy atom. The van der Waals surface area contributed by atoms with Gasteiger partial charge in [-0.3, -0.25) is 14.2 Å². The largest absolute Gasteiger partial charge is 0.435 e. The fourth-order valence-corrected chi connectivity index (χ4v) is 2.96. The maximum absolute atomic E-state index is 13.6. The molecule has 9 heteroatoms. The molecule has 2 heterocycles. The second kappa shape index (κ2) is 7.06. The smallest absolute Gasteiger partial charge is 0.305 e. The summed E-state index contributed by atoms with van der Waals surface area (Å²) in [5.41, 5.74) is -0.252. The Morgan fingerprint density at radius 2 is 1.62 bits per heavy atom. The van der Waals surface area contributed by atoms with Crippen LogP contribution < -0.4 is 5.32 Å². The molecule has 6 nitrogen and oxygen atoms in total. The van der Waals surface area contributed by atoms with E-state index in [0.29, 0.717) is 11.3 Å². The van der Waals surface area contributed by atoms with Crippen molar-refractivity contribution in [2.75, 3.05) is 5.32 Å². The van der Waals surface area contributed by atoms with Crippen LogP contribution in [0.1, 0.15) is 42.6 Å². The van der Waals surface area contributed by atoms with Gasteiger partial charge in [0.1, 0.15) is 11.5 Å². The quantitative estimate of drug-likeness (QED) is 0.703. The number of carbonyl (C=O) groups excluding carboxylic acids is 1. The molecule has 0 saturated heterocycles. The van der Waals surface area contributed by atoms with Gasteiger partial charge in [0, 0.05) is 19.5 Å². The molecule has 3 rings (SSSR count). The van der Waals surface area contributed by atoms with E-state index in [1.807, 2.05) is 20.8 Å². The molecular formula is C20H22F3N5O. The number of rotatable bonds is 3. The molecule has 1 amide bonds. The molecule has 0 fully saturated rings. The average molecular weight is 405 g/mol. The van der Waals surface area contributed by atoms with Crippen molar-refractivity contribution in [1.29, 1.82) is 0 Å². The van der Waals surface area contributed by atoms with E-state index in [0.717, 1.165) is 4.68 Å². The zero-order valence-corrected chi connectivity index (χ0v) is 16.8. The monoisotopic (exact) mass is 405 g/mol. The van der Waals surface area contributed by atoms with Gasteiger partial charge in [-0.15, -0.1) is 0 Å². The lowest BCUT2D eigenvalue weighted by Crippen LogP contribution is -2.18. The summed E-state index contributed by atoms with van der Waals surface area (Å²) < 4.78 is 43.2. The number of halogens is 3. The van der Waals surface area contributed by atoms with Crippen molar-refractivity contribution in [3.05, 3.63) is 53.5 Å². The standard InChI is InChI=1S/C20H22F3N5O/c1-19(2,3)14-11-13(27(4)25-14)18(29)24-17-15(12-9-7-6-8-10-12)16(20(21,22)23)26-28(17)5/h6-11H,1-5H3,(H,24,29). The fraction of sp³-hybridized carbons (Fsp3) is 0.350. The third-order valence-electron chi connectivity index (χ3n) is 4.49. The van der Waals surface area contributed by atoms with E-state index in [4.69, 9.17) is 0 Å². The number of hydrogen-bond donors (Lipinski definition) is 1. The summed E-state index contributed by atoms with van der Waals surface area (Å²) in [6.45, 7) is 5.88. The van der Waals surface area contributed by atoms with Gasteiger partial charge in [0.2, 0.25) is 0 Å². The number of alkyl halides is 3. The van der Waals surface area contributed by atoms with Crippen molar-refractivity contribution in [2.45, 2.75) is 32.4 Å². The summed E-state index contributed by atoms with van der Waals surface area (Å²) in [4.78, 5) is 12.9. The van der Waals surface area contributed by atoms with Crippen LogP contribution in [0.25, 0.3) is 11.1 Å². The van der Waals surface area contributed by atoms with Crippen molar-refractivity contribution in [2.24, 2.45) is 14.1 Å². The maximum atomic E-state index is 13.6. The molecule has 154 valence electrons. The number of nitrogens with zero attached hydrogens (tertiary/aromatic N) is 4. The first-order valence-electron chi connectivity index (χ1n) is 8.95. The van der Waals surface area contributed by atoms with Gasteiger partial charge in [0.05, 0.1) is 11.3 Å². The number of hydrogen-bond acceptors (Lipinski definition) is 3. The minimum absolute atomic E-state index is 0.0352. The Kier molecular flexibility index (Phi) is 5.02. The number of amides is 1. The number of carbonyl (C=O) groups is 1. The average Bonchev–Trinajstić information content (AvgIpc) is 3.16. The van der Waals surface area contributed by atoms with Crippen LogP contribution in [0.2, 0.25) is 0 Å². The van der Waals surface area contributed by atoms with Crippen LogP contribution in [0, 0.1) is 0 Å². The van der Waals surface area contributed by atoms with Crippen LogP contribution >= 0.6 is 0 Å². The van der Waals surface area contributed by atoms with E-state index in [2.05, 4.69) is 15.5 Å². The highest BCUT2D eigenvalue weighted by Crippen LogP contribution is 2.40. The molecule has 3 aromatic rings. The highest BCUT2D eigenvalue weighted by molar-refractivity contribution is 6.05. The van der Waals surface area contributed by atoms with Crippen LogP contribution in [-0.2, 0) is 25.7 Å². The van der Waals surface area contributed by atoms with Crippen LogP contribution in [0.15, 0.2) is 36.4 Å². The third-order valence-corrected chi connectivity index (χ3v) is 4.49. The summed E-state index contributed by atoms with van der Waals surface area (Å²) in [5, 5.41) is 10.6. The molecule has 1 aromatic carbocycles. The number of benzene rings is 1. The van der Waals surface area contributed by atoms with Crippen molar-refractivity contribution in [3.8, 4) is 11.1 Å². The zero-order chi connectivity index (χ0) is 21.6. The van der Waals surface area contributed by atoms with E-state index in [1.54, 1.807) is 43.4 Å². The Morgan fingerprint density at radius 1 is 1.00 bits per heavy atom. The molecule has 0 bridgehead atoms. The third kappa shape index (κ3) is 4.03. The lowest BCUT2D eigenvalue weighted by Gasteiger charge is -2.13. The molecule has 0 radical (unpaired) electrons. The normalized spacial score (nSPS) is 12.3. The van der Waals surface area contributed by atoms with Gasteiger partial charge in [-0.1, -0.05) is 51.1 Å². The van der Waals surface area contributed by atoms with Crippen LogP contribution in [0.3, 0.4) is 0 Å². The summed E-state index contributed by atoms with van der Waals surface area (Å²) in [6, 6.07) is 9.69. The first-order valence-corrected chi connectivity index (χ1v) is 8.95. The first kappa shape index (κ1) is 20.6. The Bertz CT molecular complexity index is 1040. The van der Waals surface area contributed by atoms with Gasteiger partial charge < -0.3 is 5.32 Å². The Balaban J connectivity index is 2.07. The summed E-state index contributed by atoms with van der Waals surface area (Å²) in [5.74, 6) is -0.601. The molecule has 0 aliphatic heterocycles. The summed E-state index contributed by atoms with van der Waals surface area (Å²) in [6.07, 6.45) is -4.67. The summed E-state index contributed by atoms with van der Waals surface area (Å²) >= 11 is 0. The molecule has 0 aliphatic rings. The van der Waals surface area contributed by atoms with Gasteiger partial charge in [-0.05, 0) is 11.6 Å². The minimum Gasteiger partial charge on any atom is -0.305 e. The molecule has 29 heavy (non-hydrogen) atoms. The maximum Gasteiger partial charge on any atom is 0.435 e. The highest BCUT2D eigenvalue weighted by atomic mass is 19.4. The van der Waals surface area contributed by atoms with Crippen molar-refractivity contribution in [1.82, 2.24) is 19.6 Å². The molecule has 0 spiro atoms. The molecule has 0 unspecified atom stereocenters. The van der Waals surface area contributed by atoms with E-state index >= 15 is 0 Å². The lowest BCUT2D eigenvalue weighted by molar-refractivity contribution is -0.140. The molecular weight excluding hydrogens is 383 g/mol. The number of aromatic nitrogens is 4. The number of aryl methyl sites for hydroxylation is 2. The predicted octanol–water partition coefficient (Wildman–Crippen LogP) is 4.39. The van der Waals surface area contributed by atoms with Gasteiger partial charge >= 0.3 is 6.18 Å². The first-order chi connectivity index (χ1) is 13.4. The Labute approximate surface area is 166 Å². The van der Waals surface area contributed by atoms with Gasteiger partial charge in [0.15, 0.2) is 5.69 Å². The van der Waals surface area contributed by atoms with Gasteiger partial charge in [-0.2, -0.15) is 23.4 Å². The lowest BCUT2D eigenvalue weighted by atomic mass is 9.92. The molecule has 2 aromatic heterocycles. The Hall–Kier alpha value is -3.10. The highest BCUT2D eigenvalue weighted by Gasteiger charge is 2.39. The van der Waals surface area contributed by atoms with E-state index in [-0.39, 0.29) is 22.5 Å². The van der Waals surface area contributed by atoms with E-state index in [1.165, 1.54) is 11.7 Å². The van der Waals surface area contributed by atoms with Gasteiger partial charge in [-0.25, -0.2) is 0 Å². The molecule has 0 aliphatic carbocycles. The minimum atomic E-state index is -4.67. The second-order valence-electron chi connectivity index (χ2n) is 7.80. The van der Waals surface area contributed by atoms with Crippen molar-refractivity contribution in [3.63, 3.8) is 0 Å². The van der Waals surface area contributed by atoms with Crippen LogP contribution in [0.5, 0.6) is 0 Å². The zero-order valence-electron chi connectivity index (χ0n) is 16.8. The topological polar surface area (TPSA) is 64.7 Å². The van der Waals surface area contributed by atoms with E-state index in [9.17, 15) is 18.0 Å². The number of anilines is 1.